The number of aliphatic imine (C=N–C) groups is 1. The predicted molar refractivity (Wildman–Crippen MR) is 90.6 cm³/mol. The lowest BCUT2D eigenvalue weighted by molar-refractivity contribution is -0.132. The second kappa shape index (κ2) is 8.89. The molecule has 21 heavy (non-hydrogen) atoms. The Morgan fingerprint density at radius 2 is 2.00 bits per heavy atom. The molecule has 120 valence electrons. The maximum Gasteiger partial charge on any atom is 0.390 e. The number of halogens is 6. The third-order valence-electron chi connectivity index (χ3n) is 2.47. The third-order valence-corrected chi connectivity index (χ3v) is 3.03. The van der Waals surface area contributed by atoms with Crippen molar-refractivity contribution >= 4 is 53.1 Å². The number of rotatable bonds is 4. The summed E-state index contributed by atoms with van der Waals surface area (Å²) in [7, 11) is 0. The number of alkyl halides is 3. The average Bonchev–Trinajstić information content (AvgIpc) is 2.26. The topological polar surface area (TPSA) is 50.4 Å². The fourth-order valence-corrected chi connectivity index (χ4v) is 2.07. The van der Waals surface area contributed by atoms with Gasteiger partial charge in [0.1, 0.15) is 0 Å². The van der Waals surface area contributed by atoms with Crippen LogP contribution in [0.3, 0.4) is 0 Å². The molecule has 0 aliphatic heterocycles. The van der Waals surface area contributed by atoms with Crippen LogP contribution in [0.2, 0.25) is 10.0 Å². The molecule has 0 heterocycles. The standard InChI is InChI=1S/C12H14Cl2F3N3.HI/c1-7(9-3-2-8(13)6-10(9)14)20-11(18)19-5-4-12(15,16)17;/h2-3,6-7H,4-5H2,1H3,(H3,18,19,20);1H. The van der Waals surface area contributed by atoms with E-state index >= 15 is 0 Å². The molecule has 3 N–H and O–H groups in total. The van der Waals surface area contributed by atoms with Crippen LogP contribution in [0.25, 0.3) is 0 Å². The summed E-state index contributed by atoms with van der Waals surface area (Å²) in [6.45, 7) is 1.35. The van der Waals surface area contributed by atoms with Gasteiger partial charge in [0.05, 0.1) is 19.0 Å². The molecule has 0 fully saturated rings. The van der Waals surface area contributed by atoms with Gasteiger partial charge in [-0.1, -0.05) is 29.3 Å². The molecule has 1 aromatic rings. The molecule has 1 rings (SSSR count). The van der Waals surface area contributed by atoms with E-state index in [-0.39, 0.29) is 36.0 Å². The number of nitrogens with one attached hydrogen (secondary N) is 1. The highest BCUT2D eigenvalue weighted by molar-refractivity contribution is 14.0. The van der Waals surface area contributed by atoms with E-state index in [0.717, 1.165) is 5.56 Å². The maximum atomic E-state index is 12.0. The summed E-state index contributed by atoms with van der Waals surface area (Å²) in [5, 5.41) is 3.72. The van der Waals surface area contributed by atoms with Crippen molar-refractivity contribution in [3.05, 3.63) is 33.8 Å². The van der Waals surface area contributed by atoms with Crippen LogP contribution < -0.4 is 11.1 Å². The summed E-state index contributed by atoms with van der Waals surface area (Å²) < 4.78 is 35.9. The lowest BCUT2D eigenvalue weighted by Gasteiger charge is -2.16. The number of nitrogens with two attached hydrogens (primary N) is 1. The lowest BCUT2D eigenvalue weighted by Crippen LogP contribution is -2.34. The highest BCUT2D eigenvalue weighted by Gasteiger charge is 2.26. The Morgan fingerprint density at radius 3 is 2.52 bits per heavy atom. The Kier molecular flexibility index (Phi) is 8.72. The van der Waals surface area contributed by atoms with Gasteiger partial charge >= 0.3 is 6.18 Å². The molecule has 9 heteroatoms. The van der Waals surface area contributed by atoms with Gasteiger partial charge < -0.3 is 11.1 Å². The van der Waals surface area contributed by atoms with E-state index in [0.29, 0.717) is 10.0 Å². The molecule has 0 bridgehead atoms. The number of benzene rings is 1. The normalized spacial score (nSPS) is 13.5. The molecule has 0 spiro atoms. The summed E-state index contributed by atoms with van der Waals surface area (Å²) in [5.74, 6) is -0.0623. The first-order valence-corrected chi connectivity index (χ1v) is 6.53. The van der Waals surface area contributed by atoms with E-state index in [9.17, 15) is 13.2 Å². The van der Waals surface area contributed by atoms with E-state index in [2.05, 4.69) is 10.3 Å². The summed E-state index contributed by atoms with van der Waals surface area (Å²) in [4.78, 5) is 3.62. The molecule has 0 saturated heterocycles. The van der Waals surface area contributed by atoms with Crippen LogP contribution >= 0.6 is 47.2 Å². The van der Waals surface area contributed by atoms with Crippen molar-refractivity contribution in [3.8, 4) is 0 Å². The molecule has 0 aromatic heterocycles. The Balaban J connectivity index is 0.00000400. The van der Waals surface area contributed by atoms with Crippen molar-refractivity contribution in [1.29, 1.82) is 0 Å². The first-order chi connectivity index (χ1) is 9.19. The van der Waals surface area contributed by atoms with Gasteiger partial charge in [0, 0.05) is 10.0 Å². The van der Waals surface area contributed by atoms with Crippen molar-refractivity contribution in [2.45, 2.75) is 25.6 Å². The Hall–Kier alpha value is -0.410. The fraction of sp³-hybridized carbons (Fsp3) is 0.417. The fourth-order valence-electron chi connectivity index (χ4n) is 1.50. The van der Waals surface area contributed by atoms with Gasteiger partial charge in [-0.25, -0.2) is 0 Å². The molecule has 0 aliphatic rings. The molecular formula is C12H15Cl2F3IN3. The van der Waals surface area contributed by atoms with E-state index in [1.807, 2.05) is 0 Å². The second-order valence-corrected chi connectivity index (χ2v) is 5.01. The minimum atomic E-state index is -4.24. The van der Waals surface area contributed by atoms with Crippen molar-refractivity contribution in [1.82, 2.24) is 5.32 Å². The number of guanidine groups is 1. The van der Waals surface area contributed by atoms with Crippen molar-refractivity contribution in [2.24, 2.45) is 10.7 Å². The molecule has 1 atom stereocenters. The van der Waals surface area contributed by atoms with Gasteiger partial charge in [0.25, 0.3) is 0 Å². The molecule has 0 saturated carbocycles. The second-order valence-electron chi connectivity index (χ2n) is 4.16. The zero-order chi connectivity index (χ0) is 15.3. The Labute approximate surface area is 148 Å². The van der Waals surface area contributed by atoms with E-state index in [1.54, 1.807) is 25.1 Å². The maximum absolute atomic E-state index is 12.0. The number of hydrogen-bond donors (Lipinski definition) is 2. The summed E-state index contributed by atoms with van der Waals surface area (Å²) >= 11 is 11.8. The van der Waals surface area contributed by atoms with Crippen LogP contribution in [0.4, 0.5) is 13.2 Å². The van der Waals surface area contributed by atoms with E-state index < -0.39 is 19.1 Å². The van der Waals surface area contributed by atoms with Crippen molar-refractivity contribution in [3.63, 3.8) is 0 Å². The van der Waals surface area contributed by atoms with Crippen LogP contribution in [0.1, 0.15) is 24.9 Å². The number of hydrogen-bond acceptors (Lipinski definition) is 1. The van der Waals surface area contributed by atoms with Gasteiger partial charge in [0.2, 0.25) is 0 Å². The Morgan fingerprint density at radius 1 is 1.38 bits per heavy atom. The molecule has 3 nitrogen and oxygen atoms in total. The van der Waals surface area contributed by atoms with Crippen LogP contribution in [0.15, 0.2) is 23.2 Å². The Bertz CT molecular complexity index is 495. The van der Waals surface area contributed by atoms with Crippen LogP contribution in [0, 0.1) is 0 Å². The highest BCUT2D eigenvalue weighted by atomic mass is 127. The zero-order valence-electron chi connectivity index (χ0n) is 11.0. The first-order valence-electron chi connectivity index (χ1n) is 5.77. The smallest absolute Gasteiger partial charge is 0.370 e. The quantitative estimate of drug-likeness (QED) is 0.398. The summed E-state index contributed by atoms with van der Waals surface area (Å²) in [6, 6.07) is 4.66. The van der Waals surface area contributed by atoms with Gasteiger partial charge in [-0.3, -0.25) is 4.99 Å². The van der Waals surface area contributed by atoms with Crippen LogP contribution in [-0.2, 0) is 0 Å². The first kappa shape index (κ1) is 20.6. The molecular weight excluding hydrogens is 441 g/mol. The summed E-state index contributed by atoms with van der Waals surface area (Å²) in [6.07, 6.45) is -5.25. The van der Waals surface area contributed by atoms with E-state index in [4.69, 9.17) is 28.9 Å². The average molecular weight is 456 g/mol. The van der Waals surface area contributed by atoms with E-state index in [1.165, 1.54) is 0 Å². The molecule has 0 aliphatic carbocycles. The lowest BCUT2D eigenvalue weighted by atomic mass is 10.1. The molecule has 0 amide bonds. The van der Waals surface area contributed by atoms with Gasteiger partial charge in [-0.05, 0) is 24.6 Å². The van der Waals surface area contributed by atoms with Gasteiger partial charge in [-0.15, -0.1) is 24.0 Å². The van der Waals surface area contributed by atoms with Gasteiger partial charge in [-0.2, -0.15) is 13.2 Å². The molecule has 0 radical (unpaired) electrons. The SMILES string of the molecule is CC(NC(N)=NCCC(F)(F)F)c1ccc(Cl)cc1Cl.I. The van der Waals surface area contributed by atoms with Crippen molar-refractivity contribution in [2.75, 3.05) is 6.54 Å². The van der Waals surface area contributed by atoms with Gasteiger partial charge in [0.15, 0.2) is 5.96 Å². The largest absolute Gasteiger partial charge is 0.390 e. The number of nitrogens with zero attached hydrogens (tertiary/aromatic N) is 1. The molecule has 1 unspecified atom stereocenters. The monoisotopic (exact) mass is 455 g/mol. The predicted octanol–water partition coefficient (Wildman–Crippen LogP) is 4.53. The van der Waals surface area contributed by atoms with Crippen molar-refractivity contribution < 1.29 is 13.2 Å². The molecule has 1 aromatic carbocycles. The third kappa shape index (κ3) is 7.96. The summed E-state index contributed by atoms with van der Waals surface area (Å²) in [5.41, 5.74) is 6.25. The van der Waals surface area contributed by atoms with Crippen LogP contribution in [-0.4, -0.2) is 18.7 Å². The zero-order valence-corrected chi connectivity index (χ0v) is 14.9. The van der Waals surface area contributed by atoms with Crippen LogP contribution in [0.5, 0.6) is 0 Å². The highest BCUT2D eigenvalue weighted by Crippen LogP contribution is 2.26. The minimum Gasteiger partial charge on any atom is -0.370 e. The minimum absolute atomic E-state index is 0.